The molecule has 118 valence electrons. The van der Waals surface area contributed by atoms with E-state index in [1.54, 1.807) is 0 Å². The van der Waals surface area contributed by atoms with Crippen molar-refractivity contribution in [3.8, 4) is 5.75 Å². The van der Waals surface area contributed by atoms with Crippen molar-refractivity contribution < 1.29 is 22.7 Å². The predicted molar refractivity (Wildman–Crippen MR) is 73.7 cm³/mol. The second-order valence-electron chi connectivity index (χ2n) is 4.55. The first-order valence-corrected chi connectivity index (χ1v) is 6.32. The maximum atomic E-state index is 12.3. The molecule has 1 amide bonds. The van der Waals surface area contributed by atoms with Gasteiger partial charge in [0.15, 0.2) is 0 Å². The number of ether oxygens (including phenoxy) is 1. The van der Waals surface area contributed by atoms with Crippen molar-refractivity contribution in [2.24, 2.45) is 0 Å². The first-order chi connectivity index (χ1) is 9.46. The maximum absolute atomic E-state index is 12.3. The minimum absolute atomic E-state index is 0. The first kappa shape index (κ1) is 17.6. The van der Waals surface area contributed by atoms with Crippen LogP contribution in [-0.4, -0.2) is 31.4 Å². The molecule has 1 heterocycles. The molecule has 0 aliphatic carbocycles. The molecule has 1 aromatic rings. The van der Waals surface area contributed by atoms with E-state index in [0.29, 0.717) is 6.54 Å². The number of halogens is 4. The lowest BCUT2D eigenvalue weighted by Crippen LogP contribution is -2.37. The van der Waals surface area contributed by atoms with Crippen LogP contribution >= 0.6 is 12.4 Å². The summed E-state index contributed by atoms with van der Waals surface area (Å²) >= 11 is 0. The molecule has 4 nitrogen and oxygen atoms in total. The van der Waals surface area contributed by atoms with E-state index in [-0.39, 0.29) is 24.0 Å². The molecule has 1 saturated heterocycles. The summed E-state index contributed by atoms with van der Waals surface area (Å²) in [6.07, 6.45) is -2.83. The number of nitrogens with one attached hydrogen (secondary N) is 2. The molecular weight excluding hydrogens is 309 g/mol. The monoisotopic (exact) mass is 324 g/mol. The van der Waals surface area contributed by atoms with Crippen LogP contribution in [0.2, 0.25) is 0 Å². The molecule has 1 atom stereocenters. The van der Waals surface area contributed by atoms with E-state index in [4.69, 9.17) is 0 Å². The third kappa shape index (κ3) is 5.43. The minimum Gasteiger partial charge on any atom is -0.405 e. The van der Waals surface area contributed by atoms with Crippen LogP contribution in [0.25, 0.3) is 0 Å². The molecule has 0 saturated carbocycles. The van der Waals surface area contributed by atoms with Crippen molar-refractivity contribution in [1.29, 1.82) is 0 Å². The summed E-state index contributed by atoms with van der Waals surface area (Å²) in [6.45, 7) is 1.29. The van der Waals surface area contributed by atoms with Gasteiger partial charge in [-0.3, -0.25) is 4.79 Å². The fourth-order valence-electron chi connectivity index (χ4n) is 2.11. The topological polar surface area (TPSA) is 50.4 Å². The number of amides is 1. The second kappa shape index (κ2) is 7.51. The quantitative estimate of drug-likeness (QED) is 0.894. The minimum atomic E-state index is -4.82. The maximum Gasteiger partial charge on any atom is 0.573 e. The Morgan fingerprint density at radius 2 is 2.10 bits per heavy atom. The summed E-state index contributed by atoms with van der Waals surface area (Å²) in [6, 6.07) is 5.48. The fraction of sp³-hybridized carbons (Fsp3) is 0.462. The SMILES string of the molecule is Cl.O=C(NC[C@H]1CCCN1)c1ccccc1OC(F)(F)F. The average Bonchev–Trinajstić information content (AvgIpc) is 2.88. The Morgan fingerprint density at radius 1 is 1.38 bits per heavy atom. The number of alkyl halides is 3. The van der Waals surface area contributed by atoms with Crippen molar-refractivity contribution >= 4 is 18.3 Å². The Hall–Kier alpha value is -1.47. The number of benzene rings is 1. The first-order valence-electron chi connectivity index (χ1n) is 6.32. The number of rotatable bonds is 4. The van der Waals surface area contributed by atoms with E-state index >= 15 is 0 Å². The molecule has 21 heavy (non-hydrogen) atoms. The Kier molecular flexibility index (Phi) is 6.29. The smallest absolute Gasteiger partial charge is 0.405 e. The van der Waals surface area contributed by atoms with E-state index in [9.17, 15) is 18.0 Å². The number of para-hydroxylation sites is 1. The van der Waals surface area contributed by atoms with E-state index < -0.39 is 18.0 Å². The van der Waals surface area contributed by atoms with Gasteiger partial charge >= 0.3 is 6.36 Å². The number of hydrogen-bond donors (Lipinski definition) is 2. The van der Waals surface area contributed by atoms with Gasteiger partial charge in [0.2, 0.25) is 0 Å². The highest BCUT2D eigenvalue weighted by Gasteiger charge is 2.32. The molecular formula is C13H16ClF3N2O2. The summed E-state index contributed by atoms with van der Waals surface area (Å²) in [5, 5.41) is 5.81. The van der Waals surface area contributed by atoms with Crippen molar-refractivity contribution in [1.82, 2.24) is 10.6 Å². The van der Waals surface area contributed by atoms with Gasteiger partial charge in [0.1, 0.15) is 5.75 Å². The highest BCUT2D eigenvalue weighted by Crippen LogP contribution is 2.26. The summed E-state index contributed by atoms with van der Waals surface area (Å²) in [5.74, 6) is -1.06. The Labute approximate surface area is 126 Å². The lowest BCUT2D eigenvalue weighted by molar-refractivity contribution is -0.274. The van der Waals surface area contributed by atoms with Crippen LogP contribution in [0, 0.1) is 0 Å². The Balaban J connectivity index is 0.00000220. The third-order valence-corrected chi connectivity index (χ3v) is 3.03. The molecule has 0 aromatic heterocycles. The van der Waals surface area contributed by atoms with E-state index in [0.717, 1.165) is 25.5 Å². The molecule has 0 radical (unpaired) electrons. The molecule has 2 N–H and O–H groups in total. The van der Waals surface area contributed by atoms with Crippen LogP contribution in [0.5, 0.6) is 5.75 Å². The van der Waals surface area contributed by atoms with Crippen molar-refractivity contribution in [3.63, 3.8) is 0 Å². The van der Waals surface area contributed by atoms with Gasteiger partial charge in [0, 0.05) is 12.6 Å². The van der Waals surface area contributed by atoms with Crippen molar-refractivity contribution in [2.75, 3.05) is 13.1 Å². The molecule has 1 fully saturated rings. The van der Waals surface area contributed by atoms with Gasteiger partial charge in [0.25, 0.3) is 5.91 Å². The zero-order chi connectivity index (χ0) is 14.6. The van der Waals surface area contributed by atoms with Crippen LogP contribution in [0.15, 0.2) is 24.3 Å². The van der Waals surface area contributed by atoms with Crippen LogP contribution < -0.4 is 15.4 Å². The highest BCUT2D eigenvalue weighted by atomic mass is 35.5. The van der Waals surface area contributed by atoms with E-state index in [1.807, 2.05) is 0 Å². The summed E-state index contributed by atoms with van der Waals surface area (Å²) in [4.78, 5) is 11.9. The van der Waals surface area contributed by atoms with Crippen LogP contribution in [-0.2, 0) is 0 Å². The van der Waals surface area contributed by atoms with Gasteiger partial charge in [-0.25, -0.2) is 0 Å². The zero-order valence-electron chi connectivity index (χ0n) is 11.1. The number of carbonyl (C=O) groups excluding carboxylic acids is 1. The highest BCUT2D eigenvalue weighted by molar-refractivity contribution is 5.96. The normalized spacial score (nSPS) is 18.0. The largest absolute Gasteiger partial charge is 0.573 e. The standard InChI is InChI=1S/C13H15F3N2O2.ClH/c14-13(15,16)20-11-6-2-1-5-10(11)12(19)18-8-9-4-3-7-17-9;/h1-2,5-6,9,17H,3-4,7-8H2,(H,18,19);1H/t9-;/m1./s1. The molecule has 8 heteroatoms. The van der Waals surface area contributed by atoms with Gasteiger partial charge < -0.3 is 15.4 Å². The van der Waals surface area contributed by atoms with E-state index in [1.165, 1.54) is 18.2 Å². The molecule has 1 aliphatic heterocycles. The van der Waals surface area contributed by atoms with Crippen LogP contribution in [0.3, 0.4) is 0 Å². The molecule has 0 bridgehead atoms. The van der Waals surface area contributed by atoms with Crippen LogP contribution in [0.4, 0.5) is 13.2 Å². The third-order valence-electron chi connectivity index (χ3n) is 3.03. The van der Waals surface area contributed by atoms with Gasteiger partial charge in [0.05, 0.1) is 5.56 Å². The summed E-state index contributed by atoms with van der Waals surface area (Å²) in [5.41, 5.74) is -0.122. The second-order valence-corrected chi connectivity index (χ2v) is 4.55. The van der Waals surface area contributed by atoms with E-state index in [2.05, 4.69) is 15.4 Å². The Bertz CT molecular complexity index is 477. The van der Waals surface area contributed by atoms with Crippen LogP contribution in [0.1, 0.15) is 23.2 Å². The lowest BCUT2D eigenvalue weighted by Gasteiger charge is -2.15. The average molecular weight is 325 g/mol. The number of carbonyl (C=O) groups is 1. The van der Waals surface area contributed by atoms with Gasteiger partial charge in [-0.15, -0.1) is 25.6 Å². The van der Waals surface area contributed by atoms with Gasteiger partial charge in [-0.1, -0.05) is 12.1 Å². The molecule has 1 aromatic carbocycles. The van der Waals surface area contributed by atoms with Gasteiger partial charge in [-0.2, -0.15) is 0 Å². The molecule has 0 unspecified atom stereocenters. The van der Waals surface area contributed by atoms with Crippen molar-refractivity contribution in [3.05, 3.63) is 29.8 Å². The lowest BCUT2D eigenvalue weighted by atomic mass is 10.1. The van der Waals surface area contributed by atoms with Crippen molar-refractivity contribution in [2.45, 2.75) is 25.2 Å². The molecule has 2 rings (SSSR count). The fourth-order valence-corrected chi connectivity index (χ4v) is 2.11. The Morgan fingerprint density at radius 3 is 2.71 bits per heavy atom. The molecule has 0 spiro atoms. The predicted octanol–water partition coefficient (Wildman–Crippen LogP) is 2.49. The zero-order valence-corrected chi connectivity index (χ0v) is 11.9. The summed E-state index contributed by atoms with van der Waals surface area (Å²) < 4.78 is 40.6. The summed E-state index contributed by atoms with van der Waals surface area (Å²) in [7, 11) is 0. The number of hydrogen-bond acceptors (Lipinski definition) is 3. The van der Waals surface area contributed by atoms with Gasteiger partial charge in [-0.05, 0) is 31.5 Å². The molecule has 1 aliphatic rings.